The van der Waals surface area contributed by atoms with Crippen molar-refractivity contribution in [2.24, 2.45) is 0 Å². The quantitative estimate of drug-likeness (QED) is 0.644. The van der Waals surface area contributed by atoms with E-state index in [4.69, 9.17) is 11.6 Å². The second-order valence-electron chi connectivity index (χ2n) is 4.38. The van der Waals surface area contributed by atoms with Crippen molar-refractivity contribution in [3.05, 3.63) is 70.9 Å². The van der Waals surface area contributed by atoms with E-state index >= 15 is 0 Å². The van der Waals surface area contributed by atoms with E-state index in [9.17, 15) is 8.78 Å². The molecule has 3 rings (SSSR count). The van der Waals surface area contributed by atoms with Crippen molar-refractivity contribution < 1.29 is 8.78 Å². The van der Waals surface area contributed by atoms with E-state index in [2.05, 4.69) is 0 Å². The van der Waals surface area contributed by atoms with E-state index in [1.54, 1.807) is 12.1 Å². The molecule has 0 amide bonds. The summed E-state index contributed by atoms with van der Waals surface area (Å²) in [6, 6.07) is 10.8. The van der Waals surface area contributed by atoms with Crippen LogP contribution in [0.15, 0.2) is 48.7 Å². The molecule has 4 heteroatoms. The molecule has 0 saturated heterocycles. The summed E-state index contributed by atoms with van der Waals surface area (Å²) >= 11 is 6.01. The fourth-order valence-corrected chi connectivity index (χ4v) is 2.37. The minimum atomic E-state index is -0.354. The van der Waals surface area contributed by atoms with Crippen molar-refractivity contribution in [2.75, 3.05) is 0 Å². The first-order valence-corrected chi connectivity index (χ1v) is 6.19. The maximum atomic E-state index is 13.1. The number of rotatable bonds is 2. The molecule has 1 nitrogen and oxygen atoms in total. The third kappa shape index (κ3) is 2.34. The van der Waals surface area contributed by atoms with E-state index in [-0.39, 0.29) is 11.6 Å². The molecule has 0 bridgehead atoms. The van der Waals surface area contributed by atoms with Crippen molar-refractivity contribution in [1.82, 2.24) is 4.57 Å². The average molecular weight is 278 g/mol. The van der Waals surface area contributed by atoms with Gasteiger partial charge in [-0.25, -0.2) is 8.78 Å². The molecule has 1 heterocycles. The molecule has 19 heavy (non-hydrogen) atoms. The van der Waals surface area contributed by atoms with E-state index in [0.717, 1.165) is 16.5 Å². The van der Waals surface area contributed by atoms with Gasteiger partial charge in [-0.1, -0.05) is 17.7 Å². The smallest absolute Gasteiger partial charge is 0.124 e. The van der Waals surface area contributed by atoms with E-state index in [1.165, 1.54) is 24.3 Å². The summed E-state index contributed by atoms with van der Waals surface area (Å²) in [6.07, 6.45) is 1.86. The molecule has 96 valence electrons. The summed E-state index contributed by atoms with van der Waals surface area (Å²) in [7, 11) is 0. The first-order valence-electron chi connectivity index (χ1n) is 5.82. The second kappa shape index (κ2) is 4.67. The number of fused-ring (bicyclic) bond motifs is 1. The number of hydrogen-bond acceptors (Lipinski definition) is 0. The van der Waals surface area contributed by atoms with Crippen molar-refractivity contribution in [3.63, 3.8) is 0 Å². The van der Waals surface area contributed by atoms with Crippen LogP contribution in [0.25, 0.3) is 10.9 Å². The van der Waals surface area contributed by atoms with Gasteiger partial charge in [-0.2, -0.15) is 0 Å². The monoisotopic (exact) mass is 277 g/mol. The fourth-order valence-electron chi connectivity index (χ4n) is 2.14. The van der Waals surface area contributed by atoms with Gasteiger partial charge in [0.25, 0.3) is 0 Å². The van der Waals surface area contributed by atoms with Crippen LogP contribution < -0.4 is 0 Å². The first kappa shape index (κ1) is 12.2. The van der Waals surface area contributed by atoms with Gasteiger partial charge in [-0.05, 0) is 42.0 Å². The summed E-state index contributed by atoms with van der Waals surface area (Å²) in [5, 5.41) is 1.22. The zero-order chi connectivity index (χ0) is 13.4. The average Bonchev–Trinajstić information content (AvgIpc) is 2.75. The largest absolute Gasteiger partial charge is 0.343 e. The van der Waals surface area contributed by atoms with Crippen LogP contribution in [0.3, 0.4) is 0 Å². The maximum absolute atomic E-state index is 13.1. The third-order valence-electron chi connectivity index (χ3n) is 3.09. The zero-order valence-electron chi connectivity index (χ0n) is 9.91. The summed E-state index contributed by atoms with van der Waals surface area (Å²) < 4.78 is 28.1. The number of halogens is 3. The SMILES string of the molecule is Fc1ccc(Cn2ccc3cc(F)ccc32)c(Cl)c1. The molecule has 0 unspecified atom stereocenters. The van der Waals surface area contributed by atoms with Crippen molar-refractivity contribution >= 4 is 22.5 Å². The van der Waals surface area contributed by atoms with Crippen LogP contribution in [-0.2, 0) is 6.54 Å². The summed E-state index contributed by atoms with van der Waals surface area (Å²) in [6.45, 7) is 0.522. The molecular formula is C15H10ClF2N. The van der Waals surface area contributed by atoms with Gasteiger partial charge in [0.15, 0.2) is 0 Å². The Kier molecular flexibility index (Phi) is 2.99. The van der Waals surface area contributed by atoms with Gasteiger partial charge in [0, 0.05) is 28.7 Å². The minimum Gasteiger partial charge on any atom is -0.343 e. The lowest BCUT2D eigenvalue weighted by Gasteiger charge is -2.07. The maximum Gasteiger partial charge on any atom is 0.124 e. The normalized spacial score (nSPS) is 11.1. The van der Waals surface area contributed by atoms with Crippen molar-refractivity contribution in [1.29, 1.82) is 0 Å². The summed E-state index contributed by atoms with van der Waals surface area (Å²) in [5.41, 5.74) is 1.74. The topological polar surface area (TPSA) is 4.93 Å². The molecule has 2 aromatic carbocycles. The van der Waals surface area contributed by atoms with Gasteiger partial charge in [0.05, 0.1) is 0 Å². The lowest BCUT2D eigenvalue weighted by Crippen LogP contribution is -1.99. The predicted molar refractivity (Wildman–Crippen MR) is 72.4 cm³/mol. The van der Waals surface area contributed by atoms with Crippen LogP contribution in [0, 0.1) is 11.6 Å². The molecule has 0 spiro atoms. The molecule has 0 atom stereocenters. The highest BCUT2D eigenvalue weighted by Gasteiger charge is 2.06. The molecule has 1 aromatic heterocycles. The number of aromatic nitrogens is 1. The highest BCUT2D eigenvalue weighted by atomic mass is 35.5. The Morgan fingerprint density at radius 3 is 2.47 bits per heavy atom. The van der Waals surface area contributed by atoms with Crippen molar-refractivity contribution in [3.8, 4) is 0 Å². The Morgan fingerprint density at radius 2 is 1.68 bits per heavy atom. The van der Waals surface area contributed by atoms with Crippen LogP contribution in [0.4, 0.5) is 8.78 Å². The molecule has 0 aliphatic rings. The van der Waals surface area contributed by atoms with E-state index in [1.807, 2.05) is 16.8 Å². The molecule has 0 fully saturated rings. The van der Waals surface area contributed by atoms with Crippen LogP contribution in [0.2, 0.25) is 5.02 Å². The van der Waals surface area contributed by atoms with Gasteiger partial charge < -0.3 is 4.57 Å². The fraction of sp³-hybridized carbons (Fsp3) is 0.0667. The van der Waals surface area contributed by atoms with Crippen LogP contribution in [-0.4, -0.2) is 4.57 Å². The second-order valence-corrected chi connectivity index (χ2v) is 4.79. The van der Waals surface area contributed by atoms with Gasteiger partial charge in [0.1, 0.15) is 11.6 Å². The van der Waals surface area contributed by atoms with Gasteiger partial charge in [-0.3, -0.25) is 0 Å². The molecule has 0 aliphatic carbocycles. The summed E-state index contributed by atoms with van der Waals surface area (Å²) in [4.78, 5) is 0. The van der Waals surface area contributed by atoms with Gasteiger partial charge in [0.2, 0.25) is 0 Å². The van der Waals surface area contributed by atoms with Crippen molar-refractivity contribution in [2.45, 2.75) is 6.54 Å². The molecule has 3 aromatic rings. The lowest BCUT2D eigenvalue weighted by molar-refractivity contribution is 0.626. The highest BCUT2D eigenvalue weighted by molar-refractivity contribution is 6.31. The van der Waals surface area contributed by atoms with E-state index < -0.39 is 0 Å². The number of nitrogens with zero attached hydrogens (tertiary/aromatic N) is 1. The zero-order valence-corrected chi connectivity index (χ0v) is 10.7. The van der Waals surface area contributed by atoms with Crippen LogP contribution in [0.1, 0.15) is 5.56 Å². The van der Waals surface area contributed by atoms with Crippen LogP contribution in [0.5, 0.6) is 0 Å². The molecule has 0 radical (unpaired) electrons. The Balaban J connectivity index is 2.01. The van der Waals surface area contributed by atoms with Gasteiger partial charge in [-0.15, -0.1) is 0 Å². The van der Waals surface area contributed by atoms with Gasteiger partial charge >= 0.3 is 0 Å². The highest BCUT2D eigenvalue weighted by Crippen LogP contribution is 2.22. The number of hydrogen-bond donors (Lipinski definition) is 0. The Morgan fingerprint density at radius 1 is 0.947 bits per heavy atom. The molecular weight excluding hydrogens is 268 g/mol. The van der Waals surface area contributed by atoms with E-state index in [0.29, 0.717) is 11.6 Å². The third-order valence-corrected chi connectivity index (χ3v) is 3.44. The standard InChI is InChI=1S/C15H10ClF2N/c16-14-8-13(18)2-1-11(14)9-19-6-5-10-7-12(17)3-4-15(10)19/h1-8H,9H2. The summed E-state index contributed by atoms with van der Waals surface area (Å²) in [5.74, 6) is -0.613. The lowest BCUT2D eigenvalue weighted by atomic mass is 10.2. The Bertz CT molecular complexity index is 749. The molecule has 0 saturated carbocycles. The molecule has 0 aliphatic heterocycles. The first-order chi connectivity index (χ1) is 9.13. The Labute approximate surface area is 114 Å². The predicted octanol–water partition coefficient (Wildman–Crippen LogP) is 4.62. The molecule has 0 N–H and O–H groups in total. The minimum absolute atomic E-state index is 0.259. The number of benzene rings is 2. The van der Waals surface area contributed by atoms with Crippen LogP contribution >= 0.6 is 11.6 Å². The Hall–Kier alpha value is -1.87.